The van der Waals surface area contributed by atoms with E-state index in [0.717, 1.165) is 0 Å². The number of aromatic nitrogens is 1. The van der Waals surface area contributed by atoms with Crippen molar-refractivity contribution >= 4 is 17.6 Å². The molecule has 0 aliphatic carbocycles. The summed E-state index contributed by atoms with van der Waals surface area (Å²) in [6.45, 7) is 1.77. The summed E-state index contributed by atoms with van der Waals surface area (Å²) in [4.78, 5) is 22.5. The van der Waals surface area contributed by atoms with E-state index < -0.39 is 5.97 Å². The predicted molar refractivity (Wildman–Crippen MR) is 73.1 cm³/mol. The molecular weight excluding hydrogens is 266 g/mol. The first-order chi connectivity index (χ1) is 8.99. The number of para-hydroxylation sites is 1. The zero-order valence-electron chi connectivity index (χ0n) is 10.3. The summed E-state index contributed by atoms with van der Waals surface area (Å²) in [7, 11) is 0. The highest BCUT2D eigenvalue weighted by Crippen LogP contribution is 2.21. The highest BCUT2D eigenvalue weighted by Gasteiger charge is 2.10. The molecule has 0 saturated carbocycles. The molecule has 0 amide bonds. The van der Waals surface area contributed by atoms with Crippen LogP contribution in [-0.2, 0) is 11.2 Å². The van der Waals surface area contributed by atoms with Crippen molar-refractivity contribution in [2.24, 2.45) is 0 Å². The van der Waals surface area contributed by atoms with Crippen molar-refractivity contribution in [2.75, 3.05) is 0 Å². The van der Waals surface area contributed by atoms with Gasteiger partial charge in [0.15, 0.2) is 5.43 Å². The van der Waals surface area contributed by atoms with E-state index in [-0.39, 0.29) is 17.4 Å². The molecule has 98 valence electrons. The van der Waals surface area contributed by atoms with Crippen molar-refractivity contribution < 1.29 is 9.90 Å². The van der Waals surface area contributed by atoms with E-state index in [1.54, 1.807) is 17.6 Å². The quantitative estimate of drug-likeness (QED) is 0.937. The molecule has 1 N–H and O–H groups in total. The monoisotopic (exact) mass is 277 g/mol. The number of aliphatic carboxylic acids is 1. The SMILES string of the molecule is Cc1cc(=O)c(CC(=O)O)cn1-c1ccccc1Cl. The van der Waals surface area contributed by atoms with Gasteiger partial charge in [-0.1, -0.05) is 23.7 Å². The Labute approximate surface area is 114 Å². The molecule has 1 aromatic heterocycles. The highest BCUT2D eigenvalue weighted by molar-refractivity contribution is 6.32. The maximum atomic E-state index is 11.7. The molecule has 0 bridgehead atoms. The first kappa shape index (κ1) is 13.4. The van der Waals surface area contributed by atoms with E-state index in [4.69, 9.17) is 16.7 Å². The van der Waals surface area contributed by atoms with Crippen molar-refractivity contribution in [3.8, 4) is 5.69 Å². The van der Waals surface area contributed by atoms with Crippen LogP contribution in [0.4, 0.5) is 0 Å². The second-order valence-corrected chi connectivity index (χ2v) is 4.60. The number of carboxylic acid groups (broad SMARTS) is 1. The van der Waals surface area contributed by atoms with Gasteiger partial charge in [0.2, 0.25) is 0 Å². The number of aryl methyl sites for hydroxylation is 1. The van der Waals surface area contributed by atoms with E-state index in [0.29, 0.717) is 16.4 Å². The van der Waals surface area contributed by atoms with Crippen molar-refractivity contribution in [2.45, 2.75) is 13.3 Å². The zero-order valence-corrected chi connectivity index (χ0v) is 11.0. The number of hydrogen-bond acceptors (Lipinski definition) is 2. The van der Waals surface area contributed by atoms with Gasteiger partial charge >= 0.3 is 5.97 Å². The Morgan fingerprint density at radius 2 is 2.05 bits per heavy atom. The lowest BCUT2D eigenvalue weighted by atomic mass is 10.1. The minimum Gasteiger partial charge on any atom is -0.481 e. The second-order valence-electron chi connectivity index (χ2n) is 4.20. The maximum absolute atomic E-state index is 11.7. The third kappa shape index (κ3) is 2.85. The summed E-state index contributed by atoms with van der Waals surface area (Å²) in [5.41, 5.74) is 1.38. The lowest BCUT2D eigenvalue weighted by Crippen LogP contribution is -2.17. The van der Waals surface area contributed by atoms with E-state index in [1.807, 2.05) is 18.2 Å². The van der Waals surface area contributed by atoms with Gasteiger partial charge < -0.3 is 9.67 Å². The van der Waals surface area contributed by atoms with Gasteiger partial charge in [-0.3, -0.25) is 9.59 Å². The Balaban J connectivity index is 2.61. The first-order valence-electron chi connectivity index (χ1n) is 5.68. The molecule has 0 aliphatic rings. The van der Waals surface area contributed by atoms with Gasteiger partial charge in [-0.15, -0.1) is 0 Å². The van der Waals surface area contributed by atoms with Gasteiger partial charge in [0.1, 0.15) is 0 Å². The Hall–Kier alpha value is -2.07. The highest BCUT2D eigenvalue weighted by atomic mass is 35.5. The third-order valence-electron chi connectivity index (χ3n) is 2.78. The van der Waals surface area contributed by atoms with Crippen LogP contribution in [0.5, 0.6) is 0 Å². The maximum Gasteiger partial charge on any atom is 0.308 e. The number of carboxylic acids is 1. The zero-order chi connectivity index (χ0) is 14.0. The molecule has 0 atom stereocenters. The number of hydrogen-bond donors (Lipinski definition) is 1. The minimum atomic E-state index is -1.04. The molecule has 0 aliphatic heterocycles. The Kier molecular flexibility index (Phi) is 3.71. The van der Waals surface area contributed by atoms with E-state index in [9.17, 15) is 9.59 Å². The van der Waals surface area contributed by atoms with Crippen molar-refractivity contribution in [3.05, 3.63) is 63.0 Å². The molecule has 5 heteroatoms. The fourth-order valence-electron chi connectivity index (χ4n) is 1.88. The number of rotatable bonds is 3. The summed E-state index contributed by atoms with van der Waals surface area (Å²) in [6.07, 6.45) is 1.23. The summed E-state index contributed by atoms with van der Waals surface area (Å²) in [5.74, 6) is -1.04. The van der Waals surface area contributed by atoms with Gasteiger partial charge in [0, 0.05) is 23.5 Å². The number of pyridine rings is 1. The first-order valence-corrected chi connectivity index (χ1v) is 6.05. The molecule has 1 heterocycles. The van der Waals surface area contributed by atoms with E-state index in [1.165, 1.54) is 12.3 Å². The van der Waals surface area contributed by atoms with Crippen molar-refractivity contribution in [1.29, 1.82) is 0 Å². The predicted octanol–water partition coefficient (Wildman–Crippen LogP) is 2.43. The molecule has 0 spiro atoms. The lowest BCUT2D eigenvalue weighted by Gasteiger charge is -2.13. The van der Waals surface area contributed by atoms with Crippen LogP contribution in [0.3, 0.4) is 0 Å². The largest absolute Gasteiger partial charge is 0.481 e. The fourth-order valence-corrected chi connectivity index (χ4v) is 2.10. The van der Waals surface area contributed by atoms with Crippen LogP contribution in [-0.4, -0.2) is 15.6 Å². The summed E-state index contributed by atoms with van der Waals surface area (Å²) in [6, 6.07) is 8.61. The van der Waals surface area contributed by atoms with Crippen LogP contribution in [0.15, 0.2) is 41.3 Å². The van der Waals surface area contributed by atoms with Crippen LogP contribution in [0.25, 0.3) is 5.69 Å². The third-order valence-corrected chi connectivity index (χ3v) is 3.09. The van der Waals surface area contributed by atoms with E-state index in [2.05, 4.69) is 0 Å². The van der Waals surface area contributed by atoms with Crippen LogP contribution in [0.2, 0.25) is 5.02 Å². The number of halogens is 1. The van der Waals surface area contributed by atoms with Crippen molar-refractivity contribution in [3.63, 3.8) is 0 Å². The van der Waals surface area contributed by atoms with Gasteiger partial charge in [0.05, 0.1) is 17.1 Å². The molecule has 0 fully saturated rings. The van der Waals surface area contributed by atoms with Gasteiger partial charge in [-0.2, -0.15) is 0 Å². The van der Waals surface area contributed by atoms with Crippen LogP contribution in [0, 0.1) is 6.92 Å². The number of carbonyl (C=O) groups is 1. The summed E-state index contributed by atoms with van der Waals surface area (Å²) in [5, 5.41) is 9.34. The van der Waals surface area contributed by atoms with Gasteiger partial charge in [-0.05, 0) is 19.1 Å². The fraction of sp³-hybridized carbons (Fsp3) is 0.143. The Morgan fingerprint density at radius 3 is 2.68 bits per heavy atom. The summed E-state index contributed by atoms with van der Waals surface area (Å²) < 4.78 is 1.72. The number of nitrogens with zero attached hydrogens (tertiary/aromatic N) is 1. The van der Waals surface area contributed by atoms with Gasteiger partial charge in [0.25, 0.3) is 0 Å². The molecule has 2 aromatic rings. The Bertz CT molecular complexity index is 691. The molecule has 19 heavy (non-hydrogen) atoms. The standard InChI is InChI=1S/C14H12ClNO3/c1-9-6-13(17)10(7-14(18)19)8-16(9)12-5-3-2-4-11(12)15/h2-6,8H,7H2,1H3,(H,18,19). The average molecular weight is 278 g/mol. The van der Waals surface area contributed by atoms with Gasteiger partial charge in [-0.25, -0.2) is 0 Å². The second kappa shape index (κ2) is 5.28. The number of benzene rings is 1. The van der Waals surface area contributed by atoms with Crippen molar-refractivity contribution in [1.82, 2.24) is 4.57 Å². The molecule has 2 rings (SSSR count). The lowest BCUT2D eigenvalue weighted by molar-refractivity contribution is -0.136. The van der Waals surface area contributed by atoms with Crippen LogP contribution in [0.1, 0.15) is 11.3 Å². The topological polar surface area (TPSA) is 59.3 Å². The molecule has 1 aromatic carbocycles. The molecule has 0 unspecified atom stereocenters. The minimum absolute atomic E-state index is 0.234. The molecular formula is C14H12ClNO3. The van der Waals surface area contributed by atoms with Crippen LogP contribution < -0.4 is 5.43 Å². The average Bonchev–Trinajstić information content (AvgIpc) is 2.33. The molecule has 4 nitrogen and oxygen atoms in total. The molecule has 0 radical (unpaired) electrons. The smallest absolute Gasteiger partial charge is 0.308 e. The van der Waals surface area contributed by atoms with E-state index >= 15 is 0 Å². The Morgan fingerprint density at radius 1 is 1.37 bits per heavy atom. The normalized spacial score (nSPS) is 10.4. The van der Waals surface area contributed by atoms with Crippen LogP contribution >= 0.6 is 11.6 Å². The molecule has 0 saturated heterocycles. The summed E-state index contributed by atoms with van der Waals surface area (Å²) >= 11 is 6.11.